The van der Waals surface area contributed by atoms with Crippen molar-refractivity contribution in [3.8, 4) is 0 Å². The van der Waals surface area contributed by atoms with Crippen LogP contribution in [0.15, 0.2) is 12.2 Å². The van der Waals surface area contributed by atoms with Gasteiger partial charge in [0.05, 0.1) is 0 Å². The maximum absolute atomic E-state index is 5.59. The van der Waals surface area contributed by atoms with E-state index in [1.807, 2.05) is 0 Å². The Labute approximate surface area is 114 Å². The number of hydrogen-bond acceptors (Lipinski definition) is 0. The lowest BCUT2D eigenvalue weighted by molar-refractivity contribution is 0.557. The third-order valence-electron chi connectivity index (χ3n) is 3.17. The topological polar surface area (TPSA) is 0 Å². The van der Waals surface area contributed by atoms with Gasteiger partial charge in [-0.2, -0.15) is 0 Å². The van der Waals surface area contributed by atoms with E-state index in [0.717, 1.165) is 12.3 Å². The molecule has 0 aromatic carbocycles. The van der Waals surface area contributed by atoms with Crippen LogP contribution in [0.3, 0.4) is 0 Å². The zero-order valence-electron chi connectivity index (χ0n) is 11.7. The van der Waals surface area contributed by atoms with Gasteiger partial charge in [0.1, 0.15) is 0 Å². The Balaban J connectivity index is 2.94. The summed E-state index contributed by atoms with van der Waals surface area (Å²) in [6.45, 7) is 2.28. The fraction of sp³-hybridized carbons (Fsp3) is 0.875. The molecular formula is C16H31Cl. The summed E-state index contributed by atoms with van der Waals surface area (Å²) in [5.41, 5.74) is 0. The van der Waals surface area contributed by atoms with Crippen molar-refractivity contribution in [1.29, 1.82) is 0 Å². The average molecular weight is 259 g/mol. The molecule has 0 aliphatic carbocycles. The number of halogens is 1. The van der Waals surface area contributed by atoms with E-state index in [0.29, 0.717) is 0 Å². The maximum Gasteiger partial charge on any atom is 0.0257 e. The predicted molar refractivity (Wildman–Crippen MR) is 80.9 cm³/mol. The van der Waals surface area contributed by atoms with Crippen LogP contribution in [-0.2, 0) is 0 Å². The molecule has 1 heteroatoms. The van der Waals surface area contributed by atoms with E-state index in [1.165, 1.54) is 70.6 Å². The molecule has 0 saturated carbocycles. The Hall–Kier alpha value is 0.0300. The van der Waals surface area contributed by atoms with Crippen LogP contribution in [0.25, 0.3) is 0 Å². The van der Waals surface area contributed by atoms with Gasteiger partial charge in [-0.15, -0.1) is 11.6 Å². The van der Waals surface area contributed by atoms with Crippen molar-refractivity contribution >= 4 is 11.6 Å². The molecule has 17 heavy (non-hydrogen) atoms. The molecule has 102 valence electrons. The van der Waals surface area contributed by atoms with Crippen molar-refractivity contribution in [3.05, 3.63) is 12.2 Å². The molecular weight excluding hydrogens is 228 g/mol. The van der Waals surface area contributed by atoms with Gasteiger partial charge in [0.15, 0.2) is 0 Å². The van der Waals surface area contributed by atoms with Gasteiger partial charge >= 0.3 is 0 Å². The van der Waals surface area contributed by atoms with E-state index in [2.05, 4.69) is 19.1 Å². The van der Waals surface area contributed by atoms with E-state index < -0.39 is 0 Å². The molecule has 0 N–H and O–H groups in total. The van der Waals surface area contributed by atoms with Gasteiger partial charge in [-0.25, -0.2) is 0 Å². The lowest BCUT2D eigenvalue weighted by Gasteiger charge is -2.01. The summed E-state index contributed by atoms with van der Waals surface area (Å²) < 4.78 is 0. The highest BCUT2D eigenvalue weighted by atomic mass is 35.5. The van der Waals surface area contributed by atoms with Gasteiger partial charge in [0, 0.05) is 5.88 Å². The summed E-state index contributed by atoms with van der Waals surface area (Å²) in [4.78, 5) is 0. The van der Waals surface area contributed by atoms with E-state index in [-0.39, 0.29) is 0 Å². The molecule has 0 aliphatic heterocycles. The number of hydrogen-bond donors (Lipinski definition) is 0. The summed E-state index contributed by atoms with van der Waals surface area (Å²) >= 11 is 5.59. The Morgan fingerprint density at radius 3 is 1.65 bits per heavy atom. The first-order valence-corrected chi connectivity index (χ1v) is 8.16. The smallest absolute Gasteiger partial charge is 0.0257 e. The Morgan fingerprint density at radius 1 is 0.647 bits per heavy atom. The highest BCUT2D eigenvalue weighted by Gasteiger charge is 1.91. The van der Waals surface area contributed by atoms with Crippen LogP contribution in [0.5, 0.6) is 0 Å². The van der Waals surface area contributed by atoms with Crippen molar-refractivity contribution in [2.24, 2.45) is 0 Å². The summed E-state index contributed by atoms with van der Waals surface area (Å²) in [7, 11) is 0. The first-order valence-electron chi connectivity index (χ1n) is 7.62. The standard InChI is InChI=1S/C16H31Cl/c1-2-3-4-5-6-7-8-9-10-11-12-13-14-15-16-17/h13-14H,2-12,15-16H2,1H3/b14-13+. The number of rotatable bonds is 13. The predicted octanol–water partition coefficient (Wildman–Crippen LogP) is 6.48. The molecule has 0 aromatic rings. The molecule has 0 aliphatic rings. The van der Waals surface area contributed by atoms with Crippen molar-refractivity contribution in [2.75, 3.05) is 5.88 Å². The second-order valence-corrected chi connectivity index (χ2v) is 5.30. The minimum atomic E-state index is 0.758. The van der Waals surface area contributed by atoms with Crippen LogP contribution >= 0.6 is 11.6 Å². The van der Waals surface area contributed by atoms with Crippen molar-refractivity contribution in [1.82, 2.24) is 0 Å². The Kier molecular flexibility index (Phi) is 16.1. The van der Waals surface area contributed by atoms with Gasteiger partial charge in [-0.05, 0) is 19.3 Å². The largest absolute Gasteiger partial charge is 0.126 e. The van der Waals surface area contributed by atoms with E-state index in [9.17, 15) is 0 Å². The molecule has 0 radical (unpaired) electrons. The molecule has 0 unspecified atom stereocenters. The van der Waals surface area contributed by atoms with Crippen LogP contribution in [0.1, 0.15) is 84.0 Å². The number of unbranched alkanes of at least 4 members (excludes halogenated alkanes) is 10. The molecule has 0 heterocycles. The van der Waals surface area contributed by atoms with Crippen LogP contribution < -0.4 is 0 Å². The fourth-order valence-electron chi connectivity index (χ4n) is 2.05. The molecule has 0 rings (SSSR count). The third kappa shape index (κ3) is 16.0. The minimum Gasteiger partial charge on any atom is -0.126 e. The van der Waals surface area contributed by atoms with E-state index in [1.54, 1.807) is 0 Å². The first kappa shape index (κ1) is 17.0. The summed E-state index contributed by atoms with van der Waals surface area (Å²) in [5, 5.41) is 0. The quantitative estimate of drug-likeness (QED) is 0.201. The van der Waals surface area contributed by atoms with Gasteiger partial charge in [-0.3, -0.25) is 0 Å². The molecule has 0 aromatic heterocycles. The molecule has 0 saturated heterocycles. The van der Waals surface area contributed by atoms with Crippen LogP contribution in [0.2, 0.25) is 0 Å². The van der Waals surface area contributed by atoms with Crippen LogP contribution in [0, 0.1) is 0 Å². The average Bonchev–Trinajstić information content (AvgIpc) is 2.35. The number of allylic oxidation sites excluding steroid dienone is 2. The van der Waals surface area contributed by atoms with Crippen LogP contribution in [0.4, 0.5) is 0 Å². The van der Waals surface area contributed by atoms with Crippen molar-refractivity contribution in [3.63, 3.8) is 0 Å². The fourth-order valence-corrected chi connectivity index (χ4v) is 2.17. The summed E-state index contributed by atoms with van der Waals surface area (Å²) in [6, 6.07) is 0. The second-order valence-electron chi connectivity index (χ2n) is 4.92. The molecule has 0 nitrogen and oxygen atoms in total. The highest BCUT2D eigenvalue weighted by Crippen LogP contribution is 2.11. The third-order valence-corrected chi connectivity index (χ3v) is 3.39. The lowest BCUT2D eigenvalue weighted by Crippen LogP contribution is -1.81. The summed E-state index contributed by atoms with van der Waals surface area (Å²) in [6.07, 6.45) is 21.0. The van der Waals surface area contributed by atoms with Gasteiger partial charge in [-0.1, -0.05) is 76.9 Å². The van der Waals surface area contributed by atoms with Crippen LogP contribution in [-0.4, -0.2) is 5.88 Å². The van der Waals surface area contributed by atoms with E-state index in [4.69, 9.17) is 11.6 Å². The maximum atomic E-state index is 5.59. The molecule has 0 spiro atoms. The molecule has 0 fully saturated rings. The Morgan fingerprint density at radius 2 is 1.12 bits per heavy atom. The number of alkyl halides is 1. The SMILES string of the molecule is CCCCCCCCCCCC/C=C/CCCl. The second kappa shape index (κ2) is 16.0. The van der Waals surface area contributed by atoms with Crippen molar-refractivity contribution in [2.45, 2.75) is 84.0 Å². The zero-order valence-corrected chi connectivity index (χ0v) is 12.5. The molecule has 0 atom stereocenters. The van der Waals surface area contributed by atoms with Gasteiger partial charge in [0.2, 0.25) is 0 Å². The Bertz CT molecular complexity index is 152. The van der Waals surface area contributed by atoms with Crippen molar-refractivity contribution < 1.29 is 0 Å². The molecule has 0 bridgehead atoms. The lowest BCUT2D eigenvalue weighted by atomic mass is 10.1. The normalized spacial score (nSPS) is 11.4. The molecule has 0 amide bonds. The van der Waals surface area contributed by atoms with Gasteiger partial charge < -0.3 is 0 Å². The highest BCUT2D eigenvalue weighted by molar-refractivity contribution is 6.17. The van der Waals surface area contributed by atoms with E-state index >= 15 is 0 Å². The monoisotopic (exact) mass is 258 g/mol. The van der Waals surface area contributed by atoms with Gasteiger partial charge in [0.25, 0.3) is 0 Å². The minimum absolute atomic E-state index is 0.758. The zero-order chi connectivity index (χ0) is 12.6. The first-order chi connectivity index (χ1) is 8.41. The summed E-state index contributed by atoms with van der Waals surface area (Å²) in [5.74, 6) is 0.758.